The molecule has 0 aromatic carbocycles. The van der Waals surface area contributed by atoms with E-state index in [9.17, 15) is 0 Å². The maximum atomic E-state index is 5.47. The van der Waals surface area contributed by atoms with Crippen LogP contribution in [0.2, 0.25) is 0 Å². The molecule has 2 aliphatic carbocycles. The number of ether oxygens (including phenoxy) is 1. The van der Waals surface area contributed by atoms with Crippen molar-refractivity contribution in [1.29, 1.82) is 0 Å². The second-order valence-electron chi connectivity index (χ2n) is 5.06. The molecule has 15 heavy (non-hydrogen) atoms. The van der Waals surface area contributed by atoms with Crippen LogP contribution in [0.15, 0.2) is 23.5 Å². The van der Waals surface area contributed by atoms with Crippen LogP contribution < -0.4 is 0 Å². The van der Waals surface area contributed by atoms with Crippen LogP contribution in [-0.4, -0.2) is 7.11 Å². The molecule has 2 saturated carbocycles. The zero-order valence-electron chi connectivity index (χ0n) is 10.0. The third-order valence-electron chi connectivity index (χ3n) is 4.10. The minimum absolute atomic E-state index is 0.667. The SMILES string of the molecule is C/C=C\C(OC)=C1/CCC2(CCCC2)C1. The second kappa shape index (κ2) is 4.42. The van der Waals surface area contributed by atoms with Crippen LogP contribution in [0, 0.1) is 5.41 Å². The van der Waals surface area contributed by atoms with Gasteiger partial charge in [-0.15, -0.1) is 0 Å². The standard InChI is InChI=1S/C14H22O/c1-3-6-13(15-2)12-7-10-14(11-12)8-4-5-9-14/h3,6H,4-5,7-11H2,1-2H3/b6-3-,13-12-. The van der Waals surface area contributed by atoms with Gasteiger partial charge in [0, 0.05) is 0 Å². The molecule has 2 rings (SSSR count). The van der Waals surface area contributed by atoms with E-state index in [1.165, 1.54) is 44.9 Å². The van der Waals surface area contributed by atoms with Crippen LogP contribution in [0.3, 0.4) is 0 Å². The van der Waals surface area contributed by atoms with Gasteiger partial charge in [-0.2, -0.15) is 0 Å². The van der Waals surface area contributed by atoms with Gasteiger partial charge in [0.05, 0.1) is 7.11 Å². The van der Waals surface area contributed by atoms with Crippen LogP contribution in [0.5, 0.6) is 0 Å². The van der Waals surface area contributed by atoms with Gasteiger partial charge in [-0.05, 0) is 56.1 Å². The maximum absolute atomic E-state index is 5.47. The van der Waals surface area contributed by atoms with Crippen LogP contribution in [0.1, 0.15) is 51.9 Å². The predicted octanol–water partition coefficient (Wildman–Crippen LogP) is 4.21. The first-order chi connectivity index (χ1) is 7.29. The molecule has 0 N–H and O–H groups in total. The Hall–Kier alpha value is -0.720. The van der Waals surface area contributed by atoms with E-state index in [4.69, 9.17) is 4.74 Å². The summed E-state index contributed by atoms with van der Waals surface area (Å²) >= 11 is 0. The van der Waals surface area contributed by atoms with Crippen molar-refractivity contribution in [3.05, 3.63) is 23.5 Å². The van der Waals surface area contributed by atoms with E-state index in [0.29, 0.717) is 5.41 Å². The van der Waals surface area contributed by atoms with Crippen molar-refractivity contribution in [3.8, 4) is 0 Å². The van der Waals surface area contributed by atoms with Crippen molar-refractivity contribution >= 4 is 0 Å². The molecule has 0 radical (unpaired) electrons. The van der Waals surface area contributed by atoms with Gasteiger partial charge in [-0.1, -0.05) is 18.9 Å². The Labute approximate surface area is 93.2 Å². The molecule has 1 nitrogen and oxygen atoms in total. The molecule has 0 amide bonds. The van der Waals surface area contributed by atoms with Gasteiger partial charge in [-0.3, -0.25) is 0 Å². The van der Waals surface area contributed by atoms with Gasteiger partial charge < -0.3 is 4.74 Å². The van der Waals surface area contributed by atoms with Crippen molar-refractivity contribution in [1.82, 2.24) is 0 Å². The maximum Gasteiger partial charge on any atom is 0.117 e. The Kier molecular flexibility index (Phi) is 3.18. The fourth-order valence-electron chi connectivity index (χ4n) is 3.29. The Bertz CT molecular complexity index is 280. The first kappa shape index (κ1) is 10.8. The largest absolute Gasteiger partial charge is 0.497 e. The molecule has 0 aromatic rings. The number of rotatable bonds is 2. The average molecular weight is 206 g/mol. The average Bonchev–Trinajstić information content (AvgIpc) is 2.86. The van der Waals surface area contributed by atoms with Crippen molar-refractivity contribution in [2.45, 2.75) is 51.9 Å². The van der Waals surface area contributed by atoms with Crippen LogP contribution in [0.25, 0.3) is 0 Å². The summed E-state index contributed by atoms with van der Waals surface area (Å²) in [7, 11) is 1.79. The monoisotopic (exact) mass is 206 g/mol. The first-order valence-corrected chi connectivity index (χ1v) is 6.18. The number of hydrogen-bond donors (Lipinski definition) is 0. The van der Waals surface area contributed by atoms with Gasteiger partial charge in [0.25, 0.3) is 0 Å². The highest BCUT2D eigenvalue weighted by atomic mass is 16.5. The Morgan fingerprint density at radius 1 is 1.27 bits per heavy atom. The number of hydrogen-bond acceptors (Lipinski definition) is 1. The Morgan fingerprint density at radius 3 is 2.60 bits per heavy atom. The normalized spacial score (nSPS) is 27.9. The molecular weight excluding hydrogens is 184 g/mol. The molecule has 0 aliphatic heterocycles. The van der Waals surface area contributed by atoms with E-state index in [-0.39, 0.29) is 0 Å². The molecule has 2 aliphatic rings. The quantitative estimate of drug-likeness (QED) is 0.615. The highest BCUT2D eigenvalue weighted by Gasteiger charge is 2.39. The fraction of sp³-hybridized carbons (Fsp3) is 0.714. The molecular formula is C14H22O. The molecule has 0 saturated heterocycles. The smallest absolute Gasteiger partial charge is 0.117 e. The van der Waals surface area contributed by atoms with E-state index < -0.39 is 0 Å². The third kappa shape index (κ3) is 2.11. The molecule has 84 valence electrons. The summed E-state index contributed by atoms with van der Waals surface area (Å²) in [6.45, 7) is 2.06. The third-order valence-corrected chi connectivity index (χ3v) is 4.10. The summed E-state index contributed by atoms with van der Waals surface area (Å²) in [5.41, 5.74) is 2.22. The molecule has 0 atom stereocenters. The van der Waals surface area contributed by atoms with E-state index >= 15 is 0 Å². The molecule has 0 bridgehead atoms. The van der Waals surface area contributed by atoms with Crippen molar-refractivity contribution < 1.29 is 4.74 Å². The summed E-state index contributed by atoms with van der Waals surface area (Å²) in [6, 6.07) is 0. The van der Waals surface area contributed by atoms with Crippen LogP contribution in [0.4, 0.5) is 0 Å². The summed E-state index contributed by atoms with van der Waals surface area (Å²) < 4.78 is 5.47. The van der Waals surface area contributed by atoms with E-state index in [1.54, 1.807) is 12.7 Å². The van der Waals surface area contributed by atoms with Gasteiger partial charge in [0.15, 0.2) is 0 Å². The van der Waals surface area contributed by atoms with Gasteiger partial charge in [0.2, 0.25) is 0 Å². The Morgan fingerprint density at radius 2 is 2.00 bits per heavy atom. The molecule has 0 heterocycles. The predicted molar refractivity (Wildman–Crippen MR) is 63.6 cm³/mol. The summed E-state index contributed by atoms with van der Waals surface area (Å²) in [6.07, 6.45) is 13.9. The van der Waals surface area contributed by atoms with Crippen molar-refractivity contribution in [3.63, 3.8) is 0 Å². The fourth-order valence-corrected chi connectivity index (χ4v) is 3.29. The van der Waals surface area contributed by atoms with Crippen LogP contribution >= 0.6 is 0 Å². The summed E-state index contributed by atoms with van der Waals surface area (Å²) in [4.78, 5) is 0. The molecule has 1 spiro atoms. The van der Waals surface area contributed by atoms with Crippen molar-refractivity contribution in [2.75, 3.05) is 7.11 Å². The lowest BCUT2D eigenvalue weighted by molar-refractivity contribution is 0.293. The van der Waals surface area contributed by atoms with Crippen LogP contribution in [-0.2, 0) is 4.74 Å². The highest BCUT2D eigenvalue weighted by Crippen LogP contribution is 2.53. The minimum Gasteiger partial charge on any atom is -0.497 e. The number of allylic oxidation sites excluding steroid dienone is 3. The molecule has 1 heteroatoms. The lowest BCUT2D eigenvalue weighted by atomic mass is 9.84. The lowest BCUT2D eigenvalue weighted by Crippen LogP contribution is -2.09. The second-order valence-corrected chi connectivity index (χ2v) is 5.06. The molecule has 0 aromatic heterocycles. The van der Waals surface area contributed by atoms with Gasteiger partial charge in [0.1, 0.15) is 5.76 Å². The van der Waals surface area contributed by atoms with E-state index in [0.717, 1.165) is 5.76 Å². The number of methoxy groups -OCH3 is 1. The van der Waals surface area contributed by atoms with Crippen molar-refractivity contribution in [2.24, 2.45) is 5.41 Å². The van der Waals surface area contributed by atoms with E-state index in [1.807, 2.05) is 0 Å². The highest BCUT2D eigenvalue weighted by molar-refractivity contribution is 5.25. The minimum atomic E-state index is 0.667. The zero-order valence-corrected chi connectivity index (χ0v) is 10.0. The summed E-state index contributed by atoms with van der Waals surface area (Å²) in [5, 5.41) is 0. The first-order valence-electron chi connectivity index (χ1n) is 6.18. The van der Waals surface area contributed by atoms with E-state index in [2.05, 4.69) is 19.1 Å². The van der Waals surface area contributed by atoms with Gasteiger partial charge in [-0.25, -0.2) is 0 Å². The van der Waals surface area contributed by atoms with Gasteiger partial charge >= 0.3 is 0 Å². The Balaban J connectivity index is 2.13. The molecule has 0 unspecified atom stereocenters. The summed E-state index contributed by atoms with van der Waals surface area (Å²) in [5.74, 6) is 1.13. The lowest BCUT2D eigenvalue weighted by Gasteiger charge is -2.21. The topological polar surface area (TPSA) is 9.23 Å². The zero-order chi connectivity index (χ0) is 10.7. The molecule has 2 fully saturated rings.